The summed E-state index contributed by atoms with van der Waals surface area (Å²) in [5.41, 5.74) is 3.04. The van der Waals surface area contributed by atoms with Crippen LogP contribution in [0.1, 0.15) is 5.56 Å². The summed E-state index contributed by atoms with van der Waals surface area (Å²) in [6, 6.07) is 15.1. The Balaban J connectivity index is 1.54. The summed E-state index contributed by atoms with van der Waals surface area (Å²) in [7, 11) is -2.71. The average molecular weight is 484 g/mol. The minimum atomic E-state index is -4.12. The highest BCUT2D eigenvalue weighted by molar-refractivity contribution is 7.92. The zero-order valence-electron chi connectivity index (χ0n) is 17.9. The number of hydrogen-bond donors (Lipinski definition) is 2. The van der Waals surface area contributed by atoms with Crippen LogP contribution in [-0.4, -0.2) is 39.9 Å². The molecule has 4 rings (SSSR count). The number of nitrogens with zero attached hydrogens (tertiary/aromatic N) is 2. The molecule has 1 heterocycles. The van der Waals surface area contributed by atoms with Crippen molar-refractivity contribution in [2.45, 2.75) is 4.90 Å². The average Bonchev–Trinajstić information content (AvgIpc) is 2.84. The SMILES string of the molecule is COc1ccccc1NS(=O)(=O)c1ccc(N/N=C\c2ccc3c(c2)OCCO3)c([N+](=O)[O-])c1. The second kappa shape index (κ2) is 9.67. The first kappa shape index (κ1) is 22.9. The summed E-state index contributed by atoms with van der Waals surface area (Å²) in [5, 5.41) is 15.6. The number of nitro groups is 1. The zero-order chi connectivity index (χ0) is 24.1. The third kappa shape index (κ3) is 5.02. The fourth-order valence-corrected chi connectivity index (χ4v) is 4.26. The fraction of sp³-hybridized carbons (Fsp3) is 0.136. The van der Waals surface area contributed by atoms with Gasteiger partial charge in [0, 0.05) is 6.07 Å². The zero-order valence-corrected chi connectivity index (χ0v) is 18.7. The summed E-state index contributed by atoms with van der Waals surface area (Å²) in [6.45, 7) is 0.922. The van der Waals surface area contributed by atoms with Gasteiger partial charge in [-0.2, -0.15) is 5.10 Å². The van der Waals surface area contributed by atoms with Crippen molar-refractivity contribution in [2.24, 2.45) is 5.10 Å². The van der Waals surface area contributed by atoms with Crippen molar-refractivity contribution >= 4 is 33.3 Å². The molecular weight excluding hydrogens is 464 g/mol. The van der Waals surface area contributed by atoms with Crippen LogP contribution in [-0.2, 0) is 10.0 Å². The lowest BCUT2D eigenvalue weighted by Gasteiger charge is -2.18. The summed E-state index contributed by atoms with van der Waals surface area (Å²) in [6.07, 6.45) is 1.45. The van der Waals surface area contributed by atoms with Gasteiger partial charge in [-0.15, -0.1) is 0 Å². The molecule has 2 N–H and O–H groups in total. The molecule has 0 saturated carbocycles. The van der Waals surface area contributed by atoms with E-state index < -0.39 is 20.6 Å². The molecule has 0 bridgehead atoms. The van der Waals surface area contributed by atoms with Crippen LogP contribution in [0.3, 0.4) is 0 Å². The number of benzene rings is 3. The standard InChI is InChI=1S/C22H20N4O7S/c1-31-20-5-3-2-4-18(20)25-34(29,30)16-7-8-17(19(13-16)26(27)28)24-23-14-15-6-9-21-22(12-15)33-11-10-32-21/h2-9,12-14,24-25H,10-11H2,1H3/b23-14-. The van der Waals surface area contributed by atoms with Crippen LogP contribution in [0.15, 0.2) is 70.7 Å². The van der Waals surface area contributed by atoms with E-state index >= 15 is 0 Å². The van der Waals surface area contributed by atoms with Gasteiger partial charge in [-0.05, 0) is 48.0 Å². The van der Waals surface area contributed by atoms with Crippen LogP contribution < -0.4 is 24.4 Å². The number of methoxy groups -OCH3 is 1. The van der Waals surface area contributed by atoms with Gasteiger partial charge in [-0.1, -0.05) is 12.1 Å². The largest absolute Gasteiger partial charge is 0.495 e. The van der Waals surface area contributed by atoms with Crippen molar-refractivity contribution in [1.82, 2.24) is 0 Å². The van der Waals surface area contributed by atoms with E-state index in [1.807, 2.05) is 0 Å². The minimum Gasteiger partial charge on any atom is -0.495 e. The van der Waals surface area contributed by atoms with Crippen LogP contribution >= 0.6 is 0 Å². The molecule has 0 radical (unpaired) electrons. The van der Waals surface area contributed by atoms with E-state index in [-0.39, 0.29) is 16.3 Å². The molecule has 0 spiro atoms. The highest BCUT2D eigenvalue weighted by Crippen LogP contribution is 2.32. The van der Waals surface area contributed by atoms with Gasteiger partial charge in [-0.25, -0.2) is 8.42 Å². The summed E-state index contributed by atoms with van der Waals surface area (Å²) in [4.78, 5) is 10.6. The molecule has 0 saturated heterocycles. The van der Waals surface area contributed by atoms with Crippen molar-refractivity contribution in [3.8, 4) is 17.2 Å². The predicted molar refractivity (Wildman–Crippen MR) is 126 cm³/mol. The molecule has 0 aliphatic carbocycles. The third-order valence-corrected chi connectivity index (χ3v) is 6.16. The lowest BCUT2D eigenvalue weighted by Crippen LogP contribution is -2.15. The first-order valence-electron chi connectivity index (χ1n) is 10.0. The van der Waals surface area contributed by atoms with E-state index in [2.05, 4.69) is 15.2 Å². The normalized spacial score (nSPS) is 12.9. The molecule has 34 heavy (non-hydrogen) atoms. The molecule has 11 nitrogen and oxygen atoms in total. The molecule has 0 unspecified atom stereocenters. The molecule has 176 valence electrons. The van der Waals surface area contributed by atoms with Crippen LogP contribution in [0.4, 0.5) is 17.1 Å². The second-order valence-corrected chi connectivity index (χ2v) is 8.70. The van der Waals surface area contributed by atoms with Crippen LogP contribution in [0.5, 0.6) is 17.2 Å². The van der Waals surface area contributed by atoms with Crippen molar-refractivity contribution in [3.05, 3.63) is 76.3 Å². The van der Waals surface area contributed by atoms with Crippen molar-refractivity contribution in [2.75, 3.05) is 30.5 Å². The molecular formula is C22H20N4O7S. The molecule has 1 aliphatic heterocycles. The highest BCUT2D eigenvalue weighted by Gasteiger charge is 2.22. The number of hydrazone groups is 1. The van der Waals surface area contributed by atoms with Gasteiger partial charge in [0.15, 0.2) is 11.5 Å². The van der Waals surface area contributed by atoms with Crippen molar-refractivity contribution in [3.63, 3.8) is 0 Å². The Bertz CT molecular complexity index is 1360. The van der Waals surface area contributed by atoms with Gasteiger partial charge >= 0.3 is 0 Å². The van der Waals surface area contributed by atoms with Gasteiger partial charge in [-0.3, -0.25) is 20.3 Å². The second-order valence-electron chi connectivity index (χ2n) is 7.01. The Kier molecular flexibility index (Phi) is 6.50. The smallest absolute Gasteiger partial charge is 0.295 e. The monoisotopic (exact) mass is 484 g/mol. The minimum absolute atomic E-state index is 0.0232. The Morgan fingerprint density at radius 2 is 1.79 bits per heavy atom. The topological polar surface area (TPSA) is 141 Å². The van der Waals surface area contributed by atoms with E-state index in [1.165, 1.54) is 31.5 Å². The van der Waals surface area contributed by atoms with E-state index in [9.17, 15) is 18.5 Å². The number of anilines is 2. The van der Waals surface area contributed by atoms with Crippen LogP contribution in [0.25, 0.3) is 0 Å². The maximum Gasteiger partial charge on any atom is 0.295 e. The predicted octanol–water partition coefficient (Wildman–Crippen LogP) is 3.62. The van der Waals surface area contributed by atoms with Crippen molar-refractivity contribution < 1.29 is 27.6 Å². The number of rotatable bonds is 8. The number of hydrogen-bond acceptors (Lipinski definition) is 9. The molecule has 3 aromatic carbocycles. The highest BCUT2D eigenvalue weighted by atomic mass is 32.2. The van der Waals surface area contributed by atoms with E-state index in [0.717, 1.165) is 6.07 Å². The molecule has 3 aromatic rings. The maximum absolute atomic E-state index is 12.8. The first-order chi connectivity index (χ1) is 16.4. The Morgan fingerprint density at radius 1 is 1.03 bits per heavy atom. The van der Waals surface area contributed by atoms with Gasteiger partial charge < -0.3 is 14.2 Å². The maximum atomic E-state index is 12.8. The van der Waals surface area contributed by atoms with E-state index in [1.54, 1.807) is 36.4 Å². The molecule has 0 aromatic heterocycles. The van der Waals surface area contributed by atoms with Crippen LogP contribution in [0, 0.1) is 10.1 Å². The Morgan fingerprint density at radius 3 is 2.56 bits per heavy atom. The Labute approximate surface area is 195 Å². The molecule has 0 atom stereocenters. The summed E-state index contributed by atoms with van der Waals surface area (Å²) in [5.74, 6) is 1.52. The Hall–Kier alpha value is -4.32. The van der Waals surface area contributed by atoms with Gasteiger partial charge in [0.25, 0.3) is 15.7 Å². The number of nitro benzene ring substituents is 1. The van der Waals surface area contributed by atoms with Gasteiger partial charge in [0.1, 0.15) is 24.7 Å². The lowest BCUT2D eigenvalue weighted by molar-refractivity contribution is -0.384. The lowest BCUT2D eigenvalue weighted by atomic mass is 10.2. The van der Waals surface area contributed by atoms with E-state index in [0.29, 0.717) is 36.0 Å². The van der Waals surface area contributed by atoms with Gasteiger partial charge in [0.2, 0.25) is 0 Å². The van der Waals surface area contributed by atoms with Crippen molar-refractivity contribution in [1.29, 1.82) is 0 Å². The molecule has 0 amide bonds. The first-order valence-corrected chi connectivity index (χ1v) is 11.5. The molecule has 12 heteroatoms. The quantitative estimate of drug-likeness (QED) is 0.281. The van der Waals surface area contributed by atoms with Gasteiger partial charge in [0.05, 0.1) is 28.8 Å². The molecule has 0 fully saturated rings. The number of nitrogens with one attached hydrogen (secondary N) is 2. The third-order valence-electron chi connectivity index (χ3n) is 4.79. The fourth-order valence-electron chi connectivity index (χ4n) is 3.17. The van der Waals surface area contributed by atoms with E-state index in [4.69, 9.17) is 14.2 Å². The summed E-state index contributed by atoms with van der Waals surface area (Å²) >= 11 is 0. The number of para-hydroxylation sites is 2. The van der Waals surface area contributed by atoms with Crippen LogP contribution in [0.2, 0.25) is 0 Å². The molecule has 1 aliphatic rings. The number of ether oxygens (including phenoxy) is 3. The summed E-state index contributed by atoms with van der Waals surface area (Å²) < 4.78 is 44.1. The number of sulfonamides is 1. The number of fused-ring (bicyclic) bond motifs is 1.